The highest BCUT2D eigenvalue weighted by atomic mass is 16.5. The lowest BCUT2D eigenvalue weighted by atomic mass is 10.1. The fourth-order valence-corrected chi connectivity index (χ4v) is 1.34. The predicted octanol–water partition coefficient (Wildman–Crippen LogP) is -1.37. The molecule has 20 heavy (non-hydrogen) atoms. The number of carboxylic acids is 1. The van der Waals surface area contributed by atoms with Crippen molar-refractivity contribution in [3.63, 3.8) is 0 Å². The molecule has 0 saturated heterocycles. The summed E-state index contributed by atoms with van der Waals surface area (Å²) < 4.78 is 4.72. The number of hydrogen-bond acceptors (Lipinski definition) is 6. The summed E-state index contributed by atoms with van der Waals surface area (Å²) in [5.74, 6) is -1.51. The predicted molar refractivity (Wildman–Crippen MR) is 64.4 cm³/mol. The number of rotatable bonds is 8. The van der Waals surface area contributed by atoms with E-state index in [4.69, 9.17) is 15.4 Å². The van der Waals surface area contributed by atoms with Crippen LogP contribution in [0.2, 0.25) is 0 Å². The molecule has 0 aromatic carbocycles. The Labute approximate surface area is 113 Å². The Morgan fingerprint density at radius 3 is 2.75 bits per heavy atom. The maximum atomic E-state index is 11.5. The number of nitrogens with one attached hydrogen (secondary N) is 2. The first-order valence-corrected chi connectivity index (χ1v) is 5.80. The van der Waals surface area contributed by atoms with Crippen LogP contribution in [0, 0.1) is 0 Å². The summed E-state index contributed by atoms with van der Waals surface area (Å²) in [5.41, 5.74) is 4.92. The molecule has 0 radical (unpaired) electrons. The van der Waals surface area contributed by atoms with Crippen molar-refractivity contribution in [1.29, 1.82) is 0 Å². The second-order valence-electron chi connectivity index (χ2n) is 3.88. The van der Waals surface area contributed by atoms with Crippen LogP contribution in [0.3, 0.4) is 0 Å². The SMILES string of the molecule is NC(=O)CCC(NC(=O)NCCc1ncno1)C(=O)O. The van der Waals surface area contributed by atoms with Gasteiger partial charge in [0.1, 0.15) is 6.04 Å². The van der Waals surface area contributed by atoms with Gasteiger partial charge in [0.15, 0.2) is 6.33 Å². The fraction of sp³-hybridized carbons (Fsp3) is 0.500. The lowest BCUT2D eigenvalue weighted by molar-refractivity contribution is -0.139. The van der Waals surface area contributed by atoms with E-state index in [1.165, 1.54) is 6.33 Å². The Morgan fingerprint density at radius 2 is 2.20 bits per heavy atom. The third kappa shape index (κ3) is 5.80. The highest BCUT2D eigenvalue weighted by Crippen LogP contribution is 1.97. The largest absolute Gasteiger partial charge is 0.480 e. The summed E-state index contributed by atoms with van der Waals surface area (Å²) in [6.07, 6.45) is 1.37. The maximum Gasteiger partial charge on any atom is 0.326 e. The van der Waals surface area contributed by atoms with E-state index < -0.39 is 23.9 Å². The van der Waals surface area contributed by atoms with Crippen molar-refractivity contribution < 1.29 is 24.0 Å². The number of carboxylic acid groups (broad SMARTS) is 1. The molecular formula is C10H15N5O5. The van der Waals surface area contributed by atoms with Crippen LogP contribution in [0.25, 0.3) is 0 Å². The Morgan fingerprint density at radius 1 is 1.45 bits per heavy atom. The molecule has 0 saturated carbocycles. The number of aromatic nitrogens is 2. The van der Waals surface area contributed by atoms with E-state index in [0.29, 0.717) is 12.3 Å². The molecule has 0 spiro atoms. The lowest BCUT2D eigenvalue weighted by Crippen LogP contribution is -2.46. The van der Waals surface area contributed by atoms with Gasteiger partial charge in [-0.05, 0) is 6.42 Å². The molecule has 1 aromatic heterocycles. The smallest absolute Gasteiger partial charge is 0.326 e. The number of primary amides is 1. The van der Waals surface area contributed by atoms with E-state index >= 15 is 0 Å². The van der Waals surface area contributed by atoms with Crippen LogP contribution in [0.1, 0.15) is 18.7 Å². The molecule has 3 amide bonds. The molecule has 1 rings (SSSR count). The van der Waals surface area contributed by atoms with Gasteiger partial charge in [0, 0.05) is 19.4 Å². The molecule has 0 bridgehead atoms. The number of nitrogens with two attached hydrogens (primary N) is 1. The molecule has 0 aliphatic carbocycles. The number of carbonyl (C=O) groups is 3. The van der Waals surface area contributed by atoms with E-state index in [1.54, 1.807) is 0 Å². The summed E-state index contributed by atoms with van der Waals surface area (Å²) in [6, 6.07) is -1.84. The van der Waals surface area contributed by atoms with Gasteiger partial charge in [-0.25, -0.2) is 9.59 Å². The fourth-order valence-electron chi connectivity index (χ4n) is 1.34. The van der Waals surface area contributed by atoms with Crippen molar-refractivity contribution in [2.45, 2.75) is 25.3 Å². The van der Waals surface area contributed by atoms with Gasteiger partial charge in [0.25, 0.3) is 0 Å². The van der Waals surface area contributed by atoms with Crippen LogP contribution in [0.15, 0.2) is 10.9 Å². The topological polar surface area (TPSA) is 160 Å². The quantitative estimate of drug-likeness (QED) is 0.458. The lowest BCUT2D eigenvalue weighted by Gasteiger charge is -2.14. The number of aliphatic carboxylic acids is 1. The van der Waals surface area contributed by atoms with Crippen molar-refractivity contribution in [2.75, 3.05) is 6.54 Å². The van der Waals surface area contributed by atoms with Crippen molar-refractivity contribution >= 4 is 17.9 Å². The van der Waals surface area contributed by atoms with Crippen LogP contribution in [0.5, 0.6) is 0 Å². The van der Waals surface area contributed by atoms with Gasteiger partial charge in [0.05, 0.1) is 0 Å². The first-order valence-electron chi connectivity index (χ1n) is 5.80. The number of hydrogen-bond donors (Lipinski definition) is 4. The van der Waals surface area contributed by atoms with Crippen molar-refractivity contribution in [1.82, 2.24) is 20.8 Å². The first-order chi connectivity index (χ1) is 9.49. The molecular weight excluding hydrogens is 270 g/mol. The molecule has 110 valence electrons. The zero-order chi connectivity index (χ0) is 15.0. The molecule has 1 aromatic rings. The van der Waals surface area contributed by atoms with E-state index in [1.807, 2.05) is 0 Å². The van der Waals surface area contributed by atoms with Gasteiger partial charge in [-0.15, -0.1) is 0 Å². The second-order valence-corrected chi connectivity index (χ2v) is 3.88. The first kappa shape index (κ1) is 15.4. The van der Waals surface area contributed by atoms with Crippen molar-refractivity contribution in [3.05, 3.63) is 12.2 Å². The minimum absolute atomic E-state index is 0.0677. The van der Waals surface area contributed by atoms with Crippen LogP contribution in [0.4, 0.5) is 4.79 Å². The van der Waals surface area contributed by atoms with Gasteiger partial charge in [-0.3, -0.25) is 4.79 Å². The molecule has 0 fully saturated rings. The van der Waals surface area contributed by atoms with E-state index in [9.17, 15) is 14.4 Å². The molecule has 10 nitrogen and oxygen atoms in total. The third-order valence-corrected chi connectivity index (χ3v) is 2.31. The minimum atomic E-state index is -1.24. The van der Waals surface area contributed by atoms with E-state index in [-0.39, 0.29) is 19.4 Å². The summed E-state index contributed by atoms with van der Waals surface area (Å²) in [5, 5.41) is 16.9. The number of nitrogens with zero attached hydrogens (tertiary/aromatic N) is 2. The van der Waals surface area contributed by atoms with Gasteiger partial charge in [-0.1, -0.05) is 5.16 Å². The zero-order valence-electron chi connectivity index (χ0n) is 10.5. The minimum Gasteiger partial charge on any atom is -0.480 e. The highest BCUT2D eigenvalue weighted by molar-refractivity contribution is 5.83. The van der Waals surface area contributed by atoms with Crippen LogP contribution in [-0.2, 0) is 16.0 Å². The Balaban J connectivity index is 2.30. The molecule has 1 atom stereocenters. The summed E-state index contributed by atoms with van der Waals surface area (Å²) in [7, 11) is 0. The van der Waals surface area contributed by atoms with Crippen LogP contribution < -0.4 is 16.4 Å². The van der Waals surface area contributed by atoms with Crippen LogP contribution >= 0.6 is 0 Å². The highest BCUT2D eigenvalue weighted by Gasteiger charge is 2.20. The maximum absolute atomic E-state index is 11.5. The van der Waals surface area contributed by atoms with Gasteiger partial charge in [0.2, 0.25) is 11.8 Å². The monoisotopic (exact) mass is 285 g/mol. The molecule has 10 heteroatoms. The third-order valence-electron chi connectivity index (χ3n) is 2.31. The summed E-state index contributed by atoms with van der Waals surface area (Å²) in [4.78, 5) is 36.7. The zero-order valence-corrected chi connectivity index (χ0v) is 10.5. The average Bonchev–Trinajstić information content (AvgIpc) is 2.87. The Hall–Kier alpha value is -2.65. The molecule has 1 unspecified atom stereocenters. The van der Waals surface area contributed by atoms with Gasteiger partial charge >= 0.3 is 12.0 Å². The number of urea groups is 1. The van der Waals surface area contributed by atoms with E-state index in [0.717, 1.165) is 0 Å². The Bertz CT molecular complexity index is 461. The van der Waals surface area contributed by atoms with Gasteiger partial charge in [-0.2, -0.15) is 4.98 Å². The molecule has 0 aliphatic heterocycles. The van der Waals surface area contributed by atoms with Crippen LogP contribution in [-0.4, -0.2) is 45.7 Å². The summed E-state index contributed by atoms with van der Waals surface area (Å²) >= 11 is 0. The average molecular weight is 285 g/mol. The van der Waals surface area contributed by atoms with Crippen molar-refractivity contribution in [2.24, 2.45) is 5.73 Å². The standard InChI is InChI=1S/C10H15N5O5/c11-7(16)2-1-6(9(17)18)15-10(19)12-4-3-8-13-5-14-20-8/h5-6H,1-4H2,(H2,11,16)(H,17,18)(H2,12,15,19). The summed E-state index contributed by atoms with van der Waals surface area (Å²) in [6.45, 7) is 0.205. The van der Waals surface area contributed by atoms with Crippen molar-refractivity contribution in [3.8, 4) is 0 Å². The van der Waals surface area contributed by atoms with Gasteiger partial charge < -0.3 is 26.0 Å². The molecule has 5 N–H and O–H groups in total. The Kier molecular flexibility index (Phi) is 5.94. The normalized spacial score (nSPS) is 11.6. The second kappa shape index (κ2) is 7.71. The number of amides is 3. The van der Waals surface area contributed by atoms with E-state index in [2.05, 4.69) is 20.8 Å². The number of carbonyl (C=O) groups excluding carboxylic acids is 2. The molecule has 0 aliphatic rings. The molecule has 1 heterocycles.